The number of carbonyl (C=O) groups is 1. The van der Waals surface area contributed by atoms with Gasteiger partial charge in [-0.15, -0.1) is 0 Å². The molecule has 1 atom stereocenters. The Kier molecular flexibility index (Phi) is 4.74. The highest BCUT2D eigenvalue weighted by molar-refractivity contribution is 5.96. The van der Waals surface area contributed by atoms with Crippen LogP contribution >= 0.6 is 0 Å². The second-order valence-corrected chi connectivity index (χ2v) is 6.08. The molecule has 0 spiro atoms. The zero-order valence-electron chi connectivity index (χ0n) is 14.5. The third kappa shape index (κ3) is 3.23. The van der Waals surface area contributed by atoms with Crippen molar-refractivity contribution in [2.24, 2.45) is 0 Å². The SMILES string of the molecule is CCN(CC)c1ccc(NC(=O)C2Cc3ccccc3O2)c(C)c1. The van der Waals surface area contributed by atoms with E-state index >= 15 is 0 Å². The first-order valence-electron chi connectivity index (χ1n) is 8.53. The zero-order valence-corrected chi connectivity index (χ0v) is 14.5. The number of nitrogens with zero attached hydrogens (tertiary/aromatic N) is 1. The number of ether oxygens (including phenoxy) is 1. The van der Waals surface area contributed by atoms with Crippen molar-refractivity contribution >= 4 is 17.3 Å². The van der Waals surface area contributed by atoms with Crippen molar-refractivity contribution in [1.82, 2.24) is 0 Å². The summed E-state index contributed by atoms with van der Waals surface area (Å²) in [6.45, 7) is 8.24. The average Bonchev–Trinajstić information content (AvgIpc) is 3.02. The van der Waals surface area contributed by atoms with Gasteiger partial charge in [0.15, 0.2) is 6.10 Å². The Balaban J connectivity index is 1.69. The predicted octanol–water partition coefficient (Wildman–Crippen LogP) is 3.78. The summed E-state index contributed by atoms with van der Waals surface area (Å²) < 4.78 is 5.76. The Bertz CT molecular complexity index is 713. The average molecular weight is 324 g/mol. The van der Waals surface area contributed by atoms with E-state index in [0.29, 0.717) is 6.42 Å². The summed E-state index contributed by atoms with van der Waals surface area (Å²) in [5.74, 6) is 0.719. The Labute approximate surface area is 143 Å². The third-order valence-electron chi connectivity index (χ3n) is 4.54. The molecule has 0 bridgehead atoms. The lowest BCUT2D eigenvalue weighted by Gasteiger charge is -2.22. The lowest BCUT2D eigenvalue weighted by molar-refractivity contribution is -0.122. The van der Waals surface area contributed by atoms with Gasteiger partial charge < -0.3 is 15.0 Å². The summed E-state index contributed by atoms with van der Waals surface area (Å²) in [6.07, 6.45) is 0.169. The number of hydrogen-bond donors (Lipinski definition) is 1. The fourth-order valence-corrected chi connectivity index (χ4v) is 3.12. The van der Waals surface area contributed by atoms with Gasteiger partial charge in [-0.05, 0) is 56.2 Å². The predicted molar refractivity (Wildman–Crippen MR) is 97.9 cm³/mol. The summed E-state index contributed by atoms with van der Waals surface area (Å²) in [6, 6.07) is 14.0. The van der Waals surface area contributed by atoms with Gasteiger partial charge in [0.25, 0.3) is 5.91 Å². The van der Waals surface area contributed by atoms with Gasteiger partial charge in [-0.1, -0.05) is 18.2 Å². The van der Waals surface area contributed by atoms with E-state index in [1.807, 2.05) is 37.3 Å². The maximum absolute atomic E-state index is 12.5. The maximum atomic E-state index is 12.5. The van der Waals surface area contributed by atoms with Crippen molar-refractivity contribution < 1.29 is 9.53 Å². The summed E-state index contributed by atoms with van der Waals surface area (Å²) in [7, 11) is 0. The highest BCUT2D eigenvalue weighted by atomic mass is 16.5. The van der Waals surface area contributed by atoms with E-state index in [0.717, 1.165) is 35.7 Å². The number of amides is 1. The molecular weight excluding hydrogens is 300 g/mol. The van der Waals surface area contributed by atoms with E-state index < -0.39 is 6.10 Å². The number of fused-ring (bicyclic) bond motifs is 1. The van der Waals surface area contributed by atoms with Crippen LogP contribution in [0.2, 0.25) is 0 Å². The fourth-order valence-electron chi connectivity index (χ4n) is 3.12. The first kappa shape index (κ1) is 16.4. The standard InChI is InChI=1S/C20H24N2O2/c1-4-22(5-2)16-10-11-17(14(3)12-16)21-20(23)19-13-15-8-6-7-9-18(15)24-19/h6-12,19H,4-5,13H2,1-3H3,(H,21,23). The summed E-state index contributed by atoms with van der Waals surface area (Å²) in [5, 5.41) is 3.01. The van der Waals surface area contributed by atoms with Gasteiger partial charge in [-0.3, -0.25) is 4.79 Å². The van der Waals surface area contributed by atoms with Gasteiger partial charge in [-0.25, -0.2) is 0 Å². The molecule has 4 nitrogen and oxygen atoms in total. The van der Waals surface area contributed by atoms with Gasteiger partial charge >= 0.3 is 0 Å². The Hall–Kier alpha value is -2.49. The van der Waals surface area contributed by atoms with Crippen LogP contribution in [0, 0.1) is 6.92 Å². The molecule has 0 fully saturated rings. The largest absolute Gasteiger partial charge is 0.480 e. The number of anilines is 2. The number of hydrogen-bond acceptors (Lipinski definition) is 3. The minimum atomic E-state index is -0.454. The van der Waals surface area contributed by atoms with Crippen molar-refractivity contribution in [2.45, 2.75) is 33.3 Å². The van der Waals surface area contributed by atoms with Gasteiger partial charge in [0, 0.05) is 30.9 Å². The van der Waals surface area contributed by atoms with Gasteiger partial charge in [-0.2, -0.15) is 0 Å². The second-order valence-electron chi connectivity index (χ2n) is 6.08. The zero-order chi connectivity index (χ0) is 17.1. The smallest absolute Gasteiger partial charge is 0.265 e. The molecule has 1 N–H and O–H groups in total. The molecule has 2 aromatic rings. The maximum Gasteiger partial charge on any atom is 0.265 e. The topological polar surface area (TPSA) is 41.6 Å². The van der Waals surface area contributed by atoms with Crippen LogP contribution in [0.15, 0.2) is 42.5 Å². The summed E-state index contributed by atoms with van der Waals surface area (Å²) in [4.78, 5) is 14.8. The second kappa shape index (κ2) is 6.95. The minimum absolute atomic E-state index is 0.0927. The van der Waals surface area contributed by atoms with E-state index in [9.17, 15) is 4.79 Å². The fraction of sp³-hybridized carbons (Fsp3) is 0.350. The molecule has 4 heteroatoms. The Morgan fingerprint density at radius 2 is 1.96 bits per heavy atom. The van der Waals surface area contributed by atoms with Crippen molar-refractivity contribution in [2.75, 3.05) is 23.3 Å². The number of aryl methyl sites for hydroxylation is 1. The minimum Gasteiger partial charge on any atom is -0.480 e. The van der Waals surface area contributed by atoms with E-state index in [4.69, 9.17) is 4.74 Å². The van der Waals surface area contributed by atoms with Gasteiger partial charge in [0.05, 0.1) is 0 Å². The summed E-state index contributed by atoms with van der Waals surface area (Å²) in [5.41, 5.74) is 4.17. The molecule has 1 aliphatic rings. The van der Waals surface area contributed by atoms with Gasteiger partial charge in [0.2, 0.25) is 0 Å². The molecule has 1 unspecified atom stereocenters. The third-order valence-corrected chi connectivity index (χ3v) is 4.54. The van der Waals surface area contributed by atoms with Crippen molar-refractivity contribution in [1.29, 1.82) is 0 Å². The monoisotopic (exact) mass is 324 g/mol. The normalized spacial score (nSPS) is 15.5. The number of benzene rings is 2. The lowest BCUT2D eigenvalue weighted by atomic mass is 10.1. The molecule has 0 saturated carbocycles. The summed E-state index contributed by atoms with van der Waals surface area (Å²) >= 11 is 0. The van der Waals surface area contributed by atoms with Gasteiger partial charge in [0.1, 0.15) is 5.75 Å². The molecule has 3 rings (SSSR count). The Morgan fingerprint density at radius 1 is 1.21 bits per heavy atom. The molecule has 0 aliphatic carbocycles. The van der Waals surface area contributed by atoms with Crippen molar-refractivity contribution in [3.05, 3.63) is 53.6 Å². The van der Waals surface area contributed by atoms with Crippen LogP contribution in [0.25, 0.3) is 0 Å². The molecule has 1 aliphatic heterocycles. The molecule has 2 aromatic carbocycles. The molecular formula is C20H24N2O2. The van der Waals surface area contributed by atoms with Crippen LogP contribution in [-0.4, -0.2) is 25.1 Å². The molecule has 0 saturated heterocycles. The number of rotatable bonds is 5. The number of para-hydroxylation sites is 1. The quantitative estimate of drug-likeness (QED) is 0.910. The number of nitrogens with one attached hydrogen (secondary N) is 1. The van der Waals surface area contributed by atoms with Crippen molar-refractivity contribution in [3.63, 3.8) is 0 Å². The van der Waals surface area contributed by atoms with Crippen LogP contribution in [0.3, 0.4) is 0 Å². The van der Waals surface area contributed by atoms with Crippen LogP contribution in [0.4, 0.5) is 11.4 Å². The highest BCUT2D eigenvalue weighted by Crippen LogP contribution is 2.29. The van der Waals surface area contributed by atoms with Crippen LogP contribution in [0.1, 0.15) is 25.0 Å². The number of carbonyl (C=O) groups excluding carboxylic acids is 1. The van der Waals surface area contributed by atoms with Crippen LogP contribution < -0.4 is 15.0 Å². The first-order chi connectivity index (χ1) is 11.6. The van der Waals surface area contributed by atoms with E-state index in [-0.39, 0.29) is 5.91 Å². The molecule has 1 amide bonds. The van der Waals surface area contributed by atoms with E-state index in [1.165, 1.54) is 5.69 Å². The first-order valence-corrected chi connectivity index (χ1v) is 8.53. The Morgan fingerprint density at radius 3 is 2.62 bits per heavy atom. The molecule has 1 heterocycles. The lowest BCUT2D eigenvalue weighted by Crippen LogP contribution is -2.31. The van der Waals surface area contributed by atoms with Crippen LogP contribution in [0.5, 0.6) is 5.75 Å². The molecule has 24 heavy (non-hydrogen) atoms. The molecule has 126 valence electrons. The van der Waals surface area contributed by atoms with E-state index in [1.54, 1.807) is 0 Å². The highest BCUT2D eigenvalue weighted by Gasteiger charge is 2.29. The van der Waals surface area contributed by atoms with Crippen molar-refractivity contribution in [3.8, 4) is 5.75 Å². The molecule has 0 aromatic heterocycles. The van der Waals surface area contributed by atoms with Crippen LogP contribution in [-0.2, 0) is 11.2 Å². The van der Waals surface area contributed by atoms with E-state index in [2.05, 4.69) is 36.2 Å². The molecule has 0 radical (unpaired) electrons.